The van der Waals surface area contributed by atoms with Crippen molar-refractivity contribution in [3.8, 4) is 0 Å². The predicted octanol–water partition coefficient (Wildman–Crippen LogP) is 4.15. The van der Waals surface area contributed by atoms with Gasteiger partial charge in [0.15, 0.2) is 0 Å². The number of para-hydroxylation sites is 2. The van der Waals surface area contributed by atoms with Crippen LogP contribution in [-0.4, -0.2) is 22.0 Å². The molecular weight excluding hydrogens is 338 g/mol. The quantitative estimate of drug-likeness (QED) is 0.525. The summed E-state index contributed by atoms with van der Waals surface area (Å²) < 4.78 is 7.81. The molecule has 2 aromatic carbocycles. The largest absolute Gasteiger partial charge is 0.464 e. The molecule has 1 N–H and O–H groups in total. The van der Waals surface area contributed by atoms with Gasteiger partial charge >= 0.3 is 0 Å². The van der Waals surface area contributed by atoms with E-state index in [0.29, 0.717) is 13.0 Å². The van der Waals surface area contributed by atoms with Crippen molar-refractivity contribution in [2.24, 2.45) is 0 Å². The van der Waals surface area contributed by atoms with Gasteiger partial charge in [-0.1, -0.05) is 24.3 Å². The Labute approximate surface area is 158 Å². The number of hydrogen-bond donors (Lipinski definition) is 1. The Kier molecular flexibility index (Phi) is 4.67. The van der Waals surface area contributed by atoms with E-state index >= 15 is 0 Å². The lowest BCUT2D eigenvalue weighted by Gasteiger charge is -2.06. The molecule has 5 heteroatoms. The summed E-state index contributed by atoms with van der Waals surface area (Å²) in [6, 6.07) is 12.2. The number of carbonyl (C=O) groups is 1. The van der Waals surface area contributed by atoms with Crippen molar-refractivity contribution in [3.63, 3.8) is 0 Å². The van der Waals surface area contributed by atoms with Crippen LogP contribution in [0.15, 0.2) is 53.4 Å². The molecule has 0 aliphatic heterocycles. The number of aromatic nitrogens is 2. The van der Waals surface area contributed by atoms with Crippen LogP contribution in [0.5, 0.6) is 0 Å². The number of aryl methyl sites for hydroxylation is 3. The molecule has 0 unspecified atom stereocenters. The fourth-order valence-corrected chi connectivity index (χ4v) is 3.43. The van der Waals surface area contributed by atoms with Crippen LogP contribution in [0.2, 0.25) is 0 Å². The highest BCUT2D eigenvalue weighted by atomic mass is 16.3. The third-order valence-corrected chi connectivity index (χ3v) is 5.12. The molecule has 4 rings (SSSR count). The fraction of sp³-hybridized carbons (Fsp3) is 0.273. The molecule has 0 atom stereocenters. The van der Waals surface area contributed by atoms with Crippen molar-refractivity contribution < 1.29 is 9.21 Å². The molecule has 2 heterocycles. The van der Waals surface area contributed by atoms with Gasteiger partial charge < -0.3 is 14.3 Å². The first-order valence-corrected chi connectivity index (χ1v) is 9.26. The second-order valence-corrected chi connectivity index (χ2v) is 6.95. The molecular formula is C22H23N3O2. The van der Waals surface area contributed by atoms with Crippen molar-refractivity contribution in [2.45, 2.75) is 33.2 Å². The standard InChI is InChI=1S/C22H23N3O2/c1-15-8-9-18-17(13-27-22(18)16(15)2)12-21(26)23-10-5-11-25-14-24-19-6-3-4-7-20(19)25/h3-4,6-9,13-14H,5,10-12H2,1-2H3,(H,23,26). The van der Waals surface area contributed by atoms with Crippen LogP contribution in [0.3, 0.4) is 0 Å². The van der Waals surface area contributed by atoms with Crippen molar-refractivity contribution >= 4 is 27.9 Å². The summed E-state index contributed by atoms with van der Waals surface area (Å²) in [6.45, 7) is 5.57. The molecule has 0 bridgehead atoms. The van der Waals surface area contributed by atoms with Crippen molar-refractivity contribution in [1.29, 1.82) is 0 Å². The zero-order valence-electron chi connectivity index (χ0n) is 15.7. The topological polar surface area (TPSA) is 60.1 Å². The first kappa shape index (κ1) is 17.3. The lowest BCUT2D eigenvalue weighted by atomic mass is 10.0. The first-order chi connectivity index (χ1) is 13.1. The highest BCUT2D eigenvalue weighted by Crippen LogP contribution is 2.26. The number of carbonyl (C=O) groups excluding carboxylic acids is 1. The summed E-state index contributed by atoms with van der Waals surface area (Å²) >= 11 is 0. The summed E-state index contributed by atoms with van der Waals surface area (Å²) in [5.41, 5.74) is 6.26. The van der Waals surface area contributed by atoms with Crippen LogP contribution in [0.1, 0.15) is 23.1 Å². The van der Waals surface area contributed by atoms with Crippen LogP contribution in [0, 0.1) is 13.8 Å². The molecule has 27 heavy (non-hydrogen) atoms. The normalized spacial score (nSPS) is 11.3. The van der Waals surface area contributed by atoms with Crippen molar-refractivity contribution in [2.75, 3.05) is 6.54 Å². The third-order valence-electron chi connectivity index (χ3n) is 5.12. The average molecular weight is 361 g/mol. The van der Waals surface area contributed by atoms with Gasteiger partial charge in [-0.3, -0.25) is 4.79 Å². The maximum Gasteiger partial charge on any atom is 0.224 e. The first-order valence-electron chi connectivity index (χ1n) is 9.26. The lowest BCUT2D eigenvalue weighted by molar-refractivity contribution is -0.120. The van der Waals surface area contributed by atoms with Gasteiger partial charge in [-0.2, -0.15) is 0 Å². The van der Waals surface area contributed by atoms with Crippen molar-refractivity contribution in [1.82, 2.24) is 14.9 Å². The number of nitrogens with one attached hydrogen (secondary N) is 1. The van der Waals surface area contributed by atoms with Crippen LogP contribution in [0.25, 0.3) is 22.0 Å². The monoisotopic (exact) mass is 361 g/mol. The molecule has 5 nitrogen and oxygen atoms in total. The maximum absolute atomic E-state index is 12.3. The van der Waals surface area contributed by atoms with E-state index in [1.165, 1.54) is 5.56 Å². The van der Waals surface area contributed by atoms with Gasteiger partial charge in [-0.05, 0) is 43.5 Å². The summed E-state index contributed by atoms with van der Waals surface area (Å²) in [5.74, 6) is 0.0198. The Morgan fingerprint density at radius 3 is 2.93 bits per heavy atom. The Morgan fingerprint density at radius 1 is 1.19 bits per heavy atom. The van der Waals surface area contributed by atoms with Crippen LogP contribution in [0.4, 0.5) is 0 Å². The molecule has 0 radical (unpaired) electrons. The molecule has 1 amide bonds. The molecule has 2 aromatic heterocycles. The molecule has 0 spiro atoms. The number of imidazole rings is 1. The minimum absolute atomic E-state index is 0.0198. The van der Waals surface area contributed by atoms with E-state index in [1.54, 1.807) is 6.26 Å². The van der Waals surface area contributed by atoms with E-state index in [0.717, 1.165) is 46.1 Å². The number of amides is 1. The van der Waals surface area contributed by atoms with Crippen molar-refractivity contribution in [3.05, 3.63) is 65.7 Å². The summed E-state index contributed by atoms with van der Waals surface area (Å²) in [7, 11) is 0. The number of fused-ring (bicyclic) bond motifs is 2. The highest BCUT2D eigenvalue weighted by molar-refractivity contribution is 5.89. The molecule has 0 saturated heterocycles. The average Bonchev–Trinajstić information content (AvgIpc) is 3.27. The van der Waals surface area contributed by atoms with Gasteiger partial charge in [0.05, 0.1) is 30.0 Å². The Balaban J connectivity index is 1.32. The smallest absolute Gasteiger partial charge is 0.224 e. The number of hydrogen-bond acceptors (Lipinski definition) is 3. The molecule has 0 fully saturated rings. The minimum Gasteiger partial charge on any atom is -0.464 e. The molecule has 0 saturated carbocycles. The van der Waals surface area contributed by atoms with Gasteiger partial charge in [0, 0.05) is 24.0 Å². The van der Waals surface area contributed by atoms with E-state index < -0.39 is 0 Å². The molecule has 0 aliphatic carbocycles. The van der Waals surface area contributed by atoms with Gasteiger partial charge in [0.25, 0.3) is 0 Å². The Hall–Kier alpha value is -3.08. The van der Waals surface area contributed by atoms with Crippen LogP contribution >= 0.6 is 0 Å². The predicted molar refractivity (Wildman–Crippen MR) is 107 cm³/mol. The number of furan rings is 1. The Morgan fingerprint density at radius 2 is 2.04 bits per heavy atom. The summed E-state index contributed by atoms with van der Waals surface area (Å²) in [5, 5.41) is 4.03. The zero-order chi connectivity index (χ0) is 18.8. The molecule has 138 valence electrons. The van der Waals surface area contributed by atoms with E-state index in [-0.39, 0.29) is 5.91 Å². The second kappa shape index (κ2) is 7.27. The van der Waals surface area contributed by atoms with Gasteiger partial charge in [-0.15, -0.1) is 0 Å². The van der Waals surface area contributed by atoms with E-state index in [2.05, 4.69) is 33.9 Å². The third kappa shape index (κ3) is 3.45. The van der Waals surface area contributed by atoms with Gasteiger partial charge in [0.2, 0.25) is 5.91 Å². The number of benzene rings is 2. The summed E-state index contributed by atoms with van der Waals surface area (Å²) in [4.78, 5) is 16.7. The molecule has 0 aliphatic rings. The highest BCUT2D eigenvalue weighted by Gasteiger charge is 2.12. The van der Waals surface area contributed by atoms with E-state index in [1.807, 2.05) is 37.5 Å². The number of rotatable bonds is 6. The number of nitrogens with zero attached hydrogens (tertiary/aromatic N) is 2. The Bertz CT molecular complexity index is 1110. The van der Waals surface area contributed by atoms with Crippen LogP contribution in [-0.2, 0) is 17.8 Å². The molecule has 4 aromatic rings. The van der Waals surface area contributed by atoms with Gasteiger partial charge in [-0.25, -0.2) is 4.98 Å². The lowest BCUT2D eigenvalue weighted by Crippen LogP contribution is -2.26. The minimum atomic E-state index is 0.0198. The fourth-order valence-electron chi connectivity index (χ4n) is 3.43. The SMILES string of the molecule is Cc1ccc2c(CC(=O)NCCCn3cnc4ccccc43)coc2c1C. The van der Waals surface area contributed by atoms with E-state index in [4.69, 9.17) is 4.42 Å². The summed E-state index contributed by atoms with van der Waals surface area (Å²) in [6.07, 6.45) is 4.75. The zero-order valence-corrected chi connectivity index (χ0v) is 15.7. The van der Waals surface area contributed by atoms with Gasteiger partial charge in [0.1, 0.15) is 5.58 Å². The van der Waals surface area contributed by atoms with E-state index in [9.17, 15) is 4.79 Å². The maximum atomic E-state index is 12.3. The van der Waals surface area contributed by atoms with Crippen LogP contribution < -0.4 is 5.32 Å². The second-order valence-electron chi connectivity index (χ2n) is 6.95.